The largest absolute Gasteiger partial charge is 0.465 e. The molecule has 9 heteroatoms. The monoisotopic (exact) mass is 402 g/mol. The first-order valence-corrected chi connectivity index (χ1v) is 9.81. The summed E-state index contributed by atoms with van der Waals surface area (Å²) in [6.45, 7) is 4.59. The average molecular weight is 402 g/mol. The Hall–Kier alpha value is -2.94. The summed E-state index contributed by atoms with van der Waals surface area (Å²) in [7, 11) is 1.30. The van der Waals surface area contributed by atoms with Gasteiger partial charge in [0.05, 0.1) is 23.8 Å². The Bertz CT molecular complexity index is 1080. The van der Waals surface area contributed by atoms with Crippen LogP contribution in [-0.4, -0.2) is 33.1 Å². The fraction of sp³-hybridized carbons (Fsp3) is 0.368. The average Bonchev–Trinajstić information content (AvgIpc) is 3.17. The maximum Gasteiger partial charge on any atom is 0.350 e. The van der Waals surface area contributed by atoms with E-state index in [2.05, 4.69) is 10.3 Å². The summed E-state index contributed by atoms with van der Waals surface area (Å²) in [5.41, 5.74) is 2.07. The molecule has 2 heterocycles. The number of hydrogen-bond donors (Lipinski definition) is 1. The lowest BCUT2D eigenvalue weighted by Crippen LogP contribution is -2.26. The number of benzene rings is 1. The number of aromatic nitrogens is 3. The van der Waals surface area contributed by atoms with Gasteiger partial charge in [0.1, 0.15) is 4.88 Å². The van der Waals surface area contributed by atoms with Gasteiger partial charge in [-0.05, 0) is 25.5 Å². The molecule has 148 valence electrons. The molecule has 0 aliphatic rings. The minimum atomic E-state index is -0.481. The van der Waals surface area contributed by atoms with E-state index in [1.165, 1.54) is 7.11 Å². The number of carbonyl (C=O) groups excluding carboxylic acids is 2. The van der Waals surface area contributed by atoms with Crippen molar-refractivity contribution in [3.8, 4) is 0 Å². The number of nitrogens with zero attached hydrogens (tertiary/aromatic N) is 3. The minimum Gasteiger partial charge on any atom is -0.465 e. The van der Waals surface area contributed by atoms with E-state index in [4.69, 9.17) is 4.74 Å². The highest BCUT2D eigenvalue weighted by Gasteiger charge is 2.18. The lowest BCUT2D eigenvalue weighted by atomic mass is 10.3. The molecule has 28 heavy (non-hydrogen) atoms. The summed E-state index contributed by atoms with van der Waals surface area (Å²) < 4.78 is 8.05. The van der Waals surface area contributed by atoms with Crippen molar-refractivity contribution in [3.05, 3.63) is 45.3 Å². The Kier molecular flexibility index (Phi) is 5.93. The van der Waals surface area contributed by atoms with Crippen molar-refractivity contribution in [3.63, 3.8) is 0 Å². The molecule has 0 fully saturated rings. The maximum atomic E-state index is 12.7. The second-order valence-electron chi connectivity index (χ2n) is 6.30. The standard InChI is InChI=1S/C19H22N4O4S/c1-4-10-22-13-7-5-6-8-14(13)23(19(22)26)11-9-15(24)21-18-20-12(2)16(28-18)17(25)27-3/h5-8H,4,9-11H2,1-3H3,(H,20,21,24). The number of thiazole rings is 1. The van der Waals surface area contributed by atoms with Crippen molar-refractivity contribution in [2.75, 3.05) is 12.4 Å². The third kappa shape index (κ3) is 3.84. The van der Waals surface area contributed by atoms with E-state index in [1.807, 2.05) is 31.2 Å². The molecule has 1 N–H and O–H groups in total. The molecule has 3 aromatic rings. The molecule has 0 unspecified atom stereocenters. The Labute approximate surface area is 165 Å². The van der Waals surface area contributed by atoms with E-state index in [0.29, 0.717) is 22.2 Å². The molecule has 0 saturated heterocycles. The smallest absolute Gasteiger partial charge is 0.350 e. The topological polar surface area (TPSA) is 95.2 Å². The van der Waals surface area contributed by atoms with Crippen LogP contribution in [0.15, 0.2) is 29.1 Å². The molecule has 1 aromatic carbocycles. The third-order valence-corrected chi connectivity index (χ3v) is 5.40. The van der Waals surface area contributed by atoms with Crippen LogP contribution in [0.5, 0.6) is 0 Å². The molecular formula is C19H22N4O4S. The molecule has 0 spiro atoms. The van der Waals surface area contributed by atoms with E-state index < -0.39 is 5.97 Å². The van der Waals surface area contributed by atoms with Gasteiger partial charge in [-0.25, -0.2) is 14.6 Å². The maximum absolute atomic E-state index is 12.7. The number of hydrogen-bond acceptors (Lipinski definition) is 6. The van der Waals surface area contributed by atoms with Crippen LogP contribution >= 0.6 is 11.3 Å². The predicted molar refractivity (Wildman–Crippen MR) is 108 cm³/mol. The number of imidazole rings is 1. The first-order chi connectivity index (χ1) is 13.5. The number of aryl methyl sites for hydroxylation is 3. The molecule has 0 radical (unpaired) electrons. The molecule has 2 aromatic heterocycles. The van der Waals surface area contributed by atoms with Crippen LogP contribution in [0.3, 0.4) is 0 Å². The van der Waals surface area contributed by atoms with Crippen molar-refractivity contribution in [1.82, 2.24) is 14.1 Å². The van der Waals surface area contributed by atoms with Gasteiger partial charge in [-0.15, -0.1) is 0 Å². The van der Waals surface area contributed by atoms with Gasteiger partial charge >= 0.3 is 11.7 Å². The van der Waals surface area contributed by atoms with E-state index >= 15 is 0 Å². The Morgan fingerprint density at radius 1 is 1.18 bits per heavy atom. The number of para-hydroxylation sites is 2. The van der Waals surface area contributed by atoms with E-state index in [-0.39, 0.29) is 24.6 Å². The summed E-state index contributed by atoms with van der Waals surface area (Å²) in [5.74, 6) is -0.754. The molecule has 0 aliphatic heterocycles. The number of ether oxygens (including phenoxy) is 1. The van der Waals surface area contributed by atoms with Gasteiger partial charge in [0.2, 0.25) is 5.91 Å². The molecule has 0 saturated carbocycles. The van der Waals surface area contributed by atoms with Crippen LogP contribution in [0.25, 0.3) is 11.0 Å². The van der Waals surface area contributed by atoms with Gasteiger partial charge in [0, 0.05) is 19.5 Å². The van der Waals surface area contributed by atoms with Gasteiger partial charge in [-0.3, -0.25) is 13.9 Å². The van der Waals surface area contributed by atoms with Crippen LogP contribution in [0, 0.1) is 6.92 Å². The van der Waals surface area contributed by atoms with Crippen LogP contribution in [0.1, 0.15) is 35.1 Å². The minimum absolute atomic E-state index is 0.117. The Morgan fingerprint density at radius 2 is 1.82 bits per heavy atom. The lowest BCUT2D eigenvalue weighted by Gasteiger charge is -2.04. The lowest BCUT2D eigenvalue weighted by molar-refractivity contribution is -0.116. The van der Waals surface area contributed by atoms with Crippen LogP contribution in [0.4, 0.5) is 5.13 Å². The fourth-order valence-corrected chi connectivity index (χ4v) is 3.96. The highest BCUT2D eigenvalue weighted by Crippen LogP contribution is 2.23. The van der Waals surface area contributed by atoms with Crippen molar-refractivity contribution >= 4 is 39.4 Å². The van der Waals surface area contributed by atoms with Crippen molar-refractivity contribution in [2.45, 2.75) is 39.8 Å². The first-order valence-electron chi connectivity index (χ1n) is 9.00. The molecule has 8 nitrogen and oxygen atoms in total. The zero-order chi connectivity index (χ0) is 20.3. The number of nitrogens with one attached hydrogen (secondary N) is 1. The number of fused-ring (bicyclic) bond motifs is 1. The highest BCUT2D eigenvalue weighted by molar-refractivity contribution is 7.17. The van der Waals surface area contributed by atoms with E-state index in [9.17, 15) is 14.4 Å². The normalized spacial score (nSPS) is 11.0. The molecule has 0 bridgehead atoms. The Balaban J connectivity index is 1.74. The van der Waals surface area contributed by atoms with Crippen LogP contribution < -0.4 is 11.0 Å². The number of anilines is 1. The van der Waals surface area contributed by atoms with Crippen molar-refractivity contribution in [2.24, 2.45) is 0 Å². The van der Waals surface area contributed by atoms with Gasteiger partial charge < -0.3 is 10.1 Å². The number of esters is 1. The van der Waals surface area contributed by atoms with E-state index in [0.717, 1.165) is 28.8 Å². The van der Waals surface area contributed by atoms with E-state index in [1.54, 1.807) is 16.1 Å². The summed E-state index contributed by atoms with van der Waals surface area (Å²) in [6, 6.07) is 7.57. The second kappa shape index (κ2) is 8.39. The predicted octanol–water partition coefficient (Wildman–Crippen LogP) is 2.79. The first kappa shape index (κ1) is 19.8. The molecular weight excluding hydrogens is 380 g/mol. The number of carbonyl (C=O) groups is 2. The third-order valence-electron chi connectivity index (χ3n) is 4.35. The van der Waals surface area contributed by atoms with Crippen LogP contribution in [-0.2, 0) is 22.6 Å². The summed E-state index contributed by atoms with van der Waals surface area (Å²) >= 11 is 1.07. The van der Waals surface area contributed by atoms with Gasteiger partial charge in [-0.1, -0.05) is 30.4 Å². The zero-order valence-electron chi connectivity index (χ0n) is 16.0. The highest BCUT2D eigenvalue weighted by atomic mass is 32.1. The van der Waals surface area contributed by atoms with Gasteiger partial charge in [0.25, 0.3) is 0 Å². The fourth-order valence-electron chi connectivity index (χ4n) is 3.06. The molecule has 0 atom stereocenters. The SMILES string of the molecule is CCCn1c(=O)n(CCC(=O)Nc2nc(C)c(C(=O)OC)s2)c2ccccc21. The van der Waals surface area contributed by atoms with Crippen LogP contribution in [0.2, 0.25) is 0 Å². The van der Waals surface area contributed by atoms with Crippen molar-refractivity contribution in [1.29, 1.82) is 0 Å². The number of rotatable bonds is 7. The molecule has 0 aliphatic carbocycles. The zero-order valence-corrected chi connectivity index (χ0v) is 16.8. The number of amides is 1. The second-order valence-corrected chi connectivity index (χ2v) is 7.30. The molecule has 3 rings (SSSR count). The van der Waals surface area contributed by atoms with Crippen molar-refractivity contribution < 1.29 is 14.3 Å². The number of methoxy groups -OCH3 is 1. The molecule has 1 amide bonds. The summed E-state index contributed by atoms with van der Waals surface area (Å²) in [4.78, 5) is 41.3. The summed E-state index contributed by atoms with van der Waals surface area (Å²) in [5, 5.41) is 3.03. The quantitative estimate of drug-likeness (QED) is 0.613. The van der Waals surface area contributed by atoms with Gasteiger partial charge in [-0.2, -0.15) is 0 Å². The Morgan fingerprint density at radius 3 is 2.43 bits per heavy atom. The summed E-state index contributed by atoms with van der Waals surface area (Å²) in [6.07, 6.45) is 0.965. The van der Waals surface area contributed by atoms with Gasteiger partial charge in [0.15, 0.2) is 5.13 Å².